The molecule has 0 bridgehead atoms. The lowest BCUT2D eigenvalue weighted by atomic mass is 10.2. The van der Waals surface area contributed by atoms with E-state index in [1.165, 1.54) is 4.68 Å². The third-order valence-electron chi connectivity index (χ3n) is 2.76. The second-order valence-corrected chi connectivity index (χ2v) is 5.14. The van der Waals surface area contributed by atoms with Crippen LogP contribution in [0.4, 0.5) is 13.2 Å². The maximum absolute atomic E-state index is 12.6. The van der Waals surface area contributed by atoms with E-state index < -0.39 is 11.7 Å². The predicted molar refractivity (Wildman–Crippen MR) is 73.6 cm³/mol. The van der Waals surface area contributed by atoms with Gasteiger partial charge < -0.3 is 5.32 Å². The van der Waals surface area contributed by atoms with Crippen molar-refractivity contribution < 1.29 is 13.2 Å². The summed E-state index contributed by atoms with van der Waals surface area (Å²) in [4.78, 5) is 0. The molecule has 3 nitrogen and oxygen atoms in total. The summed E-state index contributed by atoms with van der Waals surface area (Å²) in [6.45, 7) is 3.30. The molecule has 2 aromatic rings. The van der Waals surface area contributed by atoms with E-state index in [4.69, 9.17) is 0 Å². The Balaban J connectivity index is 2.39. The van der Waals surface area contributed by atoms with E-state index in [-0.39, 0.29) is 0 Å². The van der Waals surface area contributed by atoms with Gasteiger partial charge in [0.1, 0.15) is 0 Å². The molecule has 20 heavy (non-hydrogen) atoms. The summed E-state index contributed by atoms with van der Waals surface area (Å²) in [6, 6.07) is 5.39. The third-order valence-corrected chi connectivity index (χ3v) is 3.26. The summed E-state index contributed by atoms with van der Waals surface area (Å²) in [5, 5.41) is 6.96. The lowest BCUT2D eigenvalue weighted by molar-refractivity contribution is -0.137. The van der Waals surface area contributed by atoms with Gasteiger partial charge >= 0.3 is 6.18 Å². The van der Waals surface area contributed by atoms with Gasteiger partial charge in [0.15, 0.2) is 0 Å². The number of halogens is 4. The van der Waals surface area contributed by atoms with Crippen LogP contribution in [0.15, 0.2) is 35.1 Å². The Morgan fingerprint density at radius 2 is 2.10 bits per heavy atom. The van der Waals surface area contributed by atoms with Crippen molar-refractivity contribution in [1.82, 2.24) is 15.1 Å². The van der Waals surface area contributed by atoms with E-state index in [1.807, 2.05) is 13.0 Å². The summed E-state index contributed by atoms with van der Waals surface area (Å²) < 4.78 is 40.0. The molecule has 0 atom stereocenters. The smallest absolute Gasteiger partial charge is 0.313 e. The Hall–Kier alpha value is -1.34. The minimum Gasteiger partial charge on any atom is -0.313 e. The van der Waals surface area contributed by atoms with Crippen LogP contribution in [-0.4, -0.2) is 16.3 Å². The van der Waals surface area contributed by atoms with E-state index in [0.717, 1.165) is 29.0 Å². The first kappa shape index (κ1) is 15.1. The zero-order valence-electron chi connectivity index (χ0n) is 10.7. The van der Waals surface area contributed by atoms with Crippen LogP contribution in [0.2, 0.25) is 0 Å². The van der Waals surface area contributed by atoms with E-state index >= 15 is 0 Å². The molecule has 0 fully saturated rings. The molecule has 0 saturated carbocycles. The largest absolute Gasteiger partial charge is 0.419 e. The number of hydrogen-bond donors (Lipinski definition) is 1. The number of hydrogen-bond acceptors (Lipinski definition) is 2. The zero-order valence-corrected chi connectivity index (χ0v) is 12.3. The summed E-state index contributed by atoms with van der Waals surface area (Å²) in [6.07, 6.45) is -2.55. The number of benzene rings is 1. The standard InChI is InChI=1S/C13H13BrF3N3/c1-2-18-6-9-5-11(14)3-4-12(9)20-8-10(7-19-20)13(15,16)17/h3-5,7-8,18H,2,6H2,1H3. The highest BCUT2D eigenvalue weighted by Crippen LogP contribution is 2.29. The number of nitrogens with one attached hydrogen (secondary N) is 1. The Morgan fingerprint density at radius 1 is 1.35 bits per heavy atom. The van der Waals surface area contributed by atoms with Crippen LogP contribution in [0.3, 0.4) is 0 Å². The van der Waals surface area contributed by atoms with Crippen molar-refractivity contribution >= 4 is 15.9 Å². The van der Waals surface area contributed by atoms with Crippen molar-refractivity contribution in [2.75, 3.05) is 6.54 Å². The number of aromatic nitrogens is 2. The monoisotopic (exact) mass is 347 g/mol. The first-order chi connectivity index (χ1) is 9.41. The van der Waals surface area contributed by atoms with Crippen molar-refractivity contribution in [1.29, 1.82) is 0 Å². The summed E-state index contributed by atoms with van der Waals surface area (Å²) >= 11 is 3.36. The minimum atomic E-state index is -4.38. The predicted octanol–water partition coefficient (Wildman–Crippen LogP) is 3.76. The van der Waals surface area contributed by atoms with Crippen LogP contribution < -0.4 is 5.32 Å². The fraction of sp³-hybridized carbons (Fsp3) is 0.308. The molecule has 0 aliphatic heterocycles. The summed E-state index contributed by atoms with van der Waals surface area (Å²) in [7, 11) is 0. The van der Waals surface area contributed by atoms with Crippen molar-refractivity contribution in [3.63, 3.8) is 0 Å². The van der Waals surface area contributed by atoms with Gasteiger partial charge in [0, 0.05) is 17.2 Å². The zero-order chi connectivity index (χ0) is 14.8. The Labute approximate surface area is 122 Å². The van der Waals surface area contributed by atoms with Gasteiger partial charge in [0.25, 0.3) is 0 Å². The maximum atomic E-state index is 12.6. The van der Waals surface area contributed by atoms with E-state index in [2.05, 4.69) is 26.3 Å². The summed E-state index contributed by atoms with van der Waals surface area (Å²) in [5.74, 6) is 0. The molecule has 1 heterocycles. The highest BCUT2D eigenvalue weighted by Gasteiger charge is 2.32. The SMILES string of the molecule is CCNCc1cc(Br)ccc1-n1cc(C(F)(F)F)cn1. The normalized spacial score (nSPS) is 11.8. The second-order valence-electron chi connectivity index (χ2n) is 4.22. The molecular weight excluding hydrogens is 335 g/mol. The number of rotatable bonds is 4. The molecule has 2 rings (SSSR count). The van der Waals surface area contributed by atoms with E-state index in [9.17, 15) is 13.2 Å². The molecule has 7 heteroatoms. The van der Waals surface area contributed by atoms with Crippen molar-refractivity contribution in [3.8, 4) is 5.69 Å². The fourth-order valence-electron chi connectivity index (χ4n) is 1.78. The van der Waals surface area contributed by atoms with E-state index in [1.54, 1.807) is 12.1 Å². The molecule has 0 radical (unpaired) electrons. The maximum Gasteiger partial charge on any atom is 0.419 e. The molecular formula is C13H13BrF3N3. The molecule has 0 aliphatic carbocycles. The van der Waals surface area contributed by atoms with Crippen LogP contribution in [0.5, 0.6) is 0 Å². The van der Waals surface area contributed by atoms with Gasteiger partial charge in [-0.2, -0.15) is 18.3 Å². The average molecular weight is 348 g/mol. The van der Waals surface area contributed by atoms with Crippen molar-refractivity contribution in [2.24, 2.45) is 0 Å². The highest BCUT2D eigenvalue weighted by atomic mass is 79.9. The lowest BCUT2D eigenvalue weighted by Gasteiger charge is -2.10. The number of alkyl halides is 3. The number of nitrogens with zero attached hydrogens (tertiary/aromatic N) is 2. The summed E-state index contributed by atoms with van der Waals surface area (Å²) in [5.41, 5.74) is 0.748. The fourth-order valence-corrected chi connectivity index (χ4v) is 2.19. The van der Waals surface area contributed by atoms with Crippen LogP contribution in [-0.2, 0) is 12.7 Å². The van der Waals surface area contributed by atoms with Crippen molar-refractivity contribution in [2.45, 2.75) is 19.6 Å². The highest BCUT2D eigenvalue weighted by molar-refractivity contribution is 9.10. The molecule has 0 saturated heterocycles. The van der Waals surface area contributed by atoms with Crippen molar-refractivity contribution in [3.05, 3.63) is 46.2 Å². The van der Waals surface area contributed by atoms with Gasteiger partial charge in [-0.1, -0.05) is 22.9 Å². The minimum absolute atomic E-state index is 0.562. The lowest BCUT2D eigenvalue weighted by Crippen LogP contribution is -2.14. The second kappa shape index (κ2) is 5.97. The van der Waals surface area contributed by atoms with Gasteiger partial charge in [-0.3, -0.25) is 0 Å². The molecule has 0 unspecified atom stereocenters. The van der Waals surface area contributed by atoms with Gasteiger partial charge in [0.05, 0.1) is 17.4 Å². The quantitative estimate of drug-likeness (QED) is 0.912. The Kier molecular flexibility index (Phi) is 4.49. The van der Waals surface area contributed by atoms with Crippen LogP contribution in [0, 0.1) is 0 Å². The molecule has 0 spiro atoms. The molecule has 1 aromatic heterocycles. The van der Waals surface area contributed by atoms with Gasteiger partial charge in [-0.15, -0.1) is 0 Å². The molecule has 0 aliphatic rings. The third kappa shape index (κ3) is 3.40. The first-order valence-corrected chi connectivity index (χ1v) is 6.82. The topological polar surface area (TPSA) is 29.9 Å². The van der Waals surface area contributed by atoms with Crippen LogP contribution in [0.25, 0.3) is 5.69 Å². The van der Waals surface area contributed by atoms with Gasteiger partial charge in [-0.05, 0) is 30.3 Å². The Bertz CT molecular complexity index is 593. The average Bonchev–Trinajstić information content (AvgIpc) is 2.85. The van der Waals surface area contributed by atoms with Crippen LogP contribution >= 0.6 is 15.9 Å². The molecule has 108 valence electrons. The van der Waals surface area contributed by atoms with Crippen LogP contribution in [0.1, 0.15) is 18.1 Å². The van der Waals surface area contributed by atoms with Gasteiger partial charge in [0.2, 0.25) is 0 Å². The van der Waals surface area contributed by atoms with Gasteiger partial charge in [-0.25, -0.2) is 4.68 Å². The first-order valence-electron chi connectivity index (χ1n) is 6.03. The molecule has 1 N–H and O–H groups in total. The Morgan fingerprint density at radius 3 is 2.70 bits per heavy atom. The van der Waals surface area contributed by atoms with E-state index in [0.29, 0.717) is 12.2 Å². The molecule has 0 amide bonds. The molecule has 1 aromatic carbocycles.